The number of esters is 2. The van der Waals surface area contributed by atoms with Gasteiger partial charge in [-0.1, -0.05) is 12.1 Å². The molecule has 0 atom stereocenters. The zero-order valence-corrected chi connectivity index (χ0v) is 22.7. The van der Waals surface area contributed by atoms with Gasteiger partial charge in [-0.05, 0) is 12.1 Å². The summed E-state index contributed by atoms with van der Waals surface area (Å²) in [6, 6.07) is 7.36. The Hall–Kier alpha value is -3.75. The number of nitrogens with one attached hydrogen (secondary N) is 1. The zero-order chi connectivity index (χ0) is 29.3. The van der Waals surface area contributed by atoms with Crippen molar-refractivity contribution >= 4 is 42.2 Å². The molecule has 0 saturated carbocycles. The van der Waals surface area contributed by atoms with Crippen molar-refractivity contribution in [1.29, 1.82) is 0 Å². The second kappa shape index (κ2) is 23.2. The number of ether oxygens (including phenoxy) is 7. The number of carbonyl (C=O) groups excluding carboxylic acids is 5. The SMILES string of the molecule is CC(=O)Nc1ccccc1N(CCOCCOCCOC(=O)CCOC=O)CCOCCOC(=O)CCOC=O. The molecule has 1 aromatic carbocycles. The molecule has 0 aliphatic rings. The maximum absolute atomic E-state index is 11.7. The van der Waals surface area contributed by atoms with Gasteiger partial charge in [0.05, 0.1) is 63.9 Å². The van der Waals surface area contributed by atoms with Gasteiger partial charge in [-0.2, -0.15) is 0 Å². The molecule has 0 heterocycles. The minimum absolute atomic E-state index is 0.0127. The van der Waals surface area contributed by atoms with Crippen LogP contribution in [0, 0.1) is 0 Å². The fourth-order valence-electron chi connectivity index (χ4n) is 3.12. The molecule has 40 heavy (non-hydrogen) atoms. The Kier molecular flexibility index (Phi) is 19.9. The molecule has 0 radical (unpaired) electrons. The Morgan fingerprint density at radius 3 is 1.68 bits per heavy atom. The summed E-state index contributed by atoms with van der Waals surface area (Å²) < 4.78 is 35.5. The minimum Gasteiger partial charge on any atom is -0.467 e. The van der Waals surface area contributed by atoms with Crippen LogP contribution in [0.2, 0.25) is 0 Å². The maximum Gasteiger partial charge on any atom is 0.309 e. The molecular formula is C26H38N2O12. The highest BCUT2D eigenvalue weighted by molar-refractivity contribution is 5.92. The van der Waals surface area contributed by atoms with Crippen LogP contribution in [0.5, 0.6) is 0 Å². The third-order valence-electron chi connectivity index (χ3n) is 4.90. The molecule has 0 fully saturated rings. The van der Waals surface area contributed by atoms with E-state index < -0.39 is 11.9 Å². The van der Waals surface area contributed by atoms with Gasteiger partial charge >= 0.3 is 11.9 Å². The van der Waals surface area contributed by atoms with E-state index in [4.69, 9.17) is 23.7 Å². The fourth-order valence-corrected chi connectivity index (χ4v) is 3.12. The number of amides is 1. The minimum atomic E-state index is -0.486. The highest BCUT2D eigenvalue weighted by Gasteiger charge is 2.12. The predicted octanol–water partition coefficient (Wildman–Crippen LogP) is 0.714. The van der Waals surface area contributed by atoms with Crippen LogP contribution in [0.15, 0.2) is 24.3 Å². The van der Waals surface area contributed by atoms with Crippen molar-refractivity contribution in [3.05, 3.63) is 24.3 Å². The second-order valence-electron chi connectivity index (χ2n) is 7.90. The van der Waals surface area contributed by atoms with Crippen LogP contribution >= 0.6 is 0 Å². The summed E-state index contributed by atoms with van der Waals surface area (Å²) in [7, 11) is 0. The Balaban J connectivity index is 2.38. The third kappa shape index (κ3) is 17.7. The van der Waals surface area contributed by atoms with Crippen molar-refractivity contribution in [2.75, 3.05) is 89.4 Å². The Bertz CT molecular complexity index is 883. The van der Waals surface area contributed by atoms with E-state index in [1.54, 1.807) is 6.07 Å². The number of hydrogen-bond donors (Lipinski definition) is 1. The molecule has 0 aromatic heterocycles. The van der Waals surface area contributed by atoms with Crippen LogP contribution in [-0.2, 0) is 57.1 Å². The Labute approximate surface area is 233 Å². The van der Waals surface area contributed by atoms with Crippen LogP contribution in [0.1, 0.15) is 19.8 Å². The molecule has 0 saturated heterocycles. The van der Waals surface area contributed by atoms with E-state index in [2.05, 4.69) is 14.8 Å². The van der Waals surface area contributed by atoms with Crippen molar-refractivity contribution in [3.63, 3.8) is 0 Å². The van der Waals surface area contributed by atoms with Gasteiger partial charge in [-0.15, -0.1) is 0 Å². The van der Waals surface area contributed by atoms with E-state index in [1.807, 2.05) is 23.1 Å². The first kappa shape index (κ1) is 34.3. The molecule has 224 valence electrons. The van der Waals surface area contributed by atoms with E-state index in [0.29, 0.717) is 45.2 Å². The quantitative estimate of drug-likeness (QED) is 0.0757. The monoisotopic (exact) mass is 570 g/mol. The van der Waals surface area contributed by atoms with Crippen LogP contribution in [0.3, 0.4) is 0 Å². The van der Waals surface area contributed by atoms with Gasteiger partial charge in [0.15, 0.2) is 0 Å². The van der Waals surface area contributed by atoms with Crippen molar-refractivity contribution in [2.24, 2.45) is 0 Å². The standard InChI is InChI=1S/C26H38N2O12/c1-22(31)27-23-4-2-3-5-24(23)28(9-13-35-16-18-39-25(32)6-10-37-20-29)8-12-34-14-15-36-17-19-40-26(33)7-11-38-21-30/h2-5,20-21H,6-19H2,1H3,(H,27,31). The molecule has 1 rings (SSSR count). The van der Waals surface area contributed by atoms with E-state index in [9.17, 15) is 24.0 Å². The topological polar surface area (TPSA) is 165 Å². The average Bonchev–Trinajstić information content (AvgIpc) is 2.93. The summed E-state index contributed by atoms with van der Waals surface area (Å²) in [4.78, 5) is 56.7. The molecule has 1 aromatic rings. The molecule has 1 amide bonds. The molecule has 14 heteroatoms. The van der Waals surface area contributed by atoms with Gasteiger partial charge in [-0.3, -0.25) is 24.0 Å². The number of hydrogen-bond acceptors (Lipinski definition) is 13. The number of nitrogens with zero attached hydrogens (tertiary/aromatic N) is 1. The van der Waals surface area contributed by atoms with Crippen LogP contribution in [0.4, 0.5) is 11.4 Å². The number of anilines is 2. The van der Waals surface area contributed by atoms with Gasteiger partial charge in [0.2, 0.25) is 5.91 Å². The molecule has 14 nitrogen and oxygen atoms in total. The molecule has 0 aliphatic heterocycles. The van der Waals surface area contributed by atoms with Crippen molar-refractivity contribution < 1.29 is 57.1 Å². The molecule has 0 bridgehead atoms. The van der Waals surface area contributed by atoms with Crippen LogP contribution in [0.25, 0.3) is 0 Å². The van der Waals surface area contributed by atoms with E-state index in [1.165, 1.54) is 6.92 Å². The maximum atomic E-state index is 11.7. The molecule has 0 unspecified atom stereocenters. The molecule has 1 N–H and O–H groups in total. The first-order chi connectivity index (χ1) is 19.5. The van der Waals surface area contributed by atoms with Crippen molar-refractivity contribution in [2.45, 2.75) is 19.8 Å². The lowest BCUT2D eigenvalue weighted by Crippen LogP contribution is -2.32. The first-order valence-electron chi connectivity index (χ1n) is 12.7. The summed E-state index contributed by atoms with van der Waals surface area (Å²) >= 11 is 0. The zero-order valence-electron chi connectivity index (χ0n) is 22.7. The number of benzene rings is 1. The van der Waals surface area contributed by atoms with Gasteiger partial charge < -0.3 is 43.4 Å². The van der Waals surface area contributed by atoms with Crippen LogP contribution in [-0.4, -0.2) is 110 Å². The summed E-state index contributed by atoms with van der Waals surface area (Å²) in [5.74, 6) is -1.16. The lowest BCUT2D eigenvalue weighted by Gasteiger charge is -2.27. The van der Waals surface area contributed by atoms with E-state index >= 15 is 0 Å². The normalized spacial score (nSPS) is 10.3. The molecule has 0 spiro atoms. The summed E-state index contributed by atoms with van der Waals surface area (Å²) in [5, 5.41) is 2.82. The Morgan fingerprint density at radius 2 is 1.18 bits per heavy atom. The van der Waals surface area contributed by atoms with Gasteiger partial charge in [0, 0.05) is 20.0 Å². The lowest BCUT2D eigenvalue weighted by atomic mass is 10.2. The smallest absolute Gasteiger partial charge is 0.309 e. The van der Waals surface area contributed by atoms with Crippen molar-refractivity contribution in [1.82, 2.24) is 0 Å². The highest BCUT2D eigenvalue weighted by atomic mass is 16.6. The predicted molar refractivity (Wildman–Crippen MR) is 141 cm³/mol. The van der Waals surface area contributed by atoms with E-state index in [-0.39, 0.29) is 71.3 Å². The number of carbonyl (C=O) groups is 5. The first-order valence-corrected chi connectivity index (χ1v) is 12.7. The summed E-state index contributed by atoms with van der Waals surface area (Å²) in [5.41, 5.74) is 1.44. The molecule has 0 aliphatic carbocycles. The van der Waals surface area contributed by atoms with Gasteiger partial charge in [-0.25, -0.2) is 0 Å². The van der Waals surface area contributed by atoms with Crippen molar-refractivity contribution in [3.8, 4) is 0 Å². The average molecular weight is 571 g/mol. The van der Waals surface area contributed by atoms with Gasteiger partial charge in [0.1, 0.15) is 26.4 Å². The number of rotatable bonds is 25. The highest BCUT2D eigenvalue weighted by Crippen LogP contribution is 2.25. The Morgan fingerprint density at radius 1 is 0.700 bits per heavy atom. The van der Waals surface area contributed by atoms with Crippen LogP contribution < -0.4 is 10.2 Å². The second-order valence-corrected chi connectivity index (χ2v) is 7.90. The molecular weight excluding hydrogens is 532 g/mol. The summed E-state index contributed by atoms with van der Waals surface area (Å²) in [6.45, 7) is 4.75. The fraction of sp³-hybridized carbons (Fsp3) is 0.577. The lowest BCUT2D eigenvalue weighted by molar-refractivity contribution is -0.148. The van der Waals surface area contributed by atoms with E-state index in [0.717, 1.165) is 5.69 Å². The third-order valence-corrected chi connectivity index (χ3v) is 4.90. The number of para-hydroxylation sites is 2. The van der Waals surface area contributed by atoms with Gasteiger partial charge in [0.25, 0.3) is 12.9 Å². The summed E-state index contributed by atoms with van der Waals surface area (Å²) in [6.07, 6.45) is -0.0363. The largest absolute Gasteiger partial charge is 0.467 e.